The van der Waals surface area contributed by atoms with E-state index < -0.39 is 0 Å². The van der Waals surface area contributed by atoms with Crippen molar-refractivity contribution in [3.05, 3.63) is 96.3 Å². The molecule has 1 fully saturated rings. The predicted molar refractivity (Wildman–Crippen MR) is 164 cm³/mol. The number of carbonyl (C=O) groups excluding carboxylic acids is 1. The molecular formula is C34H34N4O5. The van der Waals surface area contributed by atoms with Crippen molar-refractivity contribution in [1.29, 1.82) is 0 Å². The van der Waals surface area contributed by atoms with Crippen molar-refractivity contribution >= 4 is 16.8 Å². The van der Waals surface area contributed by atoms with Gasteiger partial charge in [-0.1, -0.05) is 12.1 Å². The molecule has 5 aromatic rings. The van der Waals surface area contributed by atoms with Gasteiger partial charge in [-0.05, 0) is 73.0 Å². The van der Waals surface area contributed by atoms with Gasteiger partial charge in [0, 0.05) is 54.7 Å². The Morgan fingerprint density at radius 1 is 0.977 bits per heavy atom. The third-order valence-corrected chi connectivity index (χ3v) is 7.72. The van der Waals surface area contributed by atoms with Crippen LogP contribution in [0.1, 0.15) is 28.8 Å². The van der Waals surface area contributed by atoms with Gasteiger partial charge in [-0.3, -0.25) is 4.79 Å². The Morgan fingerprint density at radius 2 is 1.79 bits per heavy atom. The molecule has 9 nitrogen and oxygen atoms in total. The maximum absolute atomic E-state index is 14.1. The van der Waals surface area contributed by atoms with Crippen LogP contribution in [-0.4, -0.2) is 66.2 Å². The van der Waals surface area contributed by atoms with E-state index in [0.717, 1.165) is 52.0 Å². The van der Waals surface area contributed by atoms with Gasteiger partial charge in [-0.25, -0.2) is 9.67 Å². The average Bonchev–Trinajstić information content (AvgIpc) is 3.78. The lowest BCUT2D eigenvalue weighted by Gasteiger charge is -2.27. The van der Waals surface area contributed by atoms with Crippen LogP contribution in [0.4, 0.5) is 0 Å². The Hall–Kier alpha value is -4.89. The quantitative estimate of drug-likeness (QED) is 0.203. The normalized spacial score (nSPS) is 14.5. The van der Waals surface area contributed by atoms with Gasteiger partial charge >= 0.3 is 0 Å². The zero-order chi connectivity index (χ0) is 29.8. The summed E-state index contributed by atoms with van der Waals surface area (Å²) < 4.78 is 24.4. The number of fused-ring (bicyclic) bond motifs is 1. The fraction of sp³-hybridized carbons (Fsp3) is 0.265. The molecule has 1 unspecified atom stereocenters. The molecule has 1 aliphatic rings. The van der Waals surface area contributed by atoms with E-state index in [1.807, 2.05) is 77.8 Å². The molecule has 43 heavy (non-hydrogen) atoms. The van der Waals surface area contributed by atoms with E-state index >= 15 is 0 Å². The second kappa shape index (κ2) is 12.5. The van der Waals surface area contributed by atoms with Crippen molar-refractivity contribution in [3.63, 3.8) is 0 Å². The molecule has 1 amide bonds. The van der Waals surface area contributed by atoms with Crippen molar-refractivity contribution in [3.8, 4) is 34.2 Å². The fourth-order valence-corrected chi connectivity index (χ4v) is 5.51. The van der Waals surface area contributed by atoms with Crippen LogP contribution in [0, 0.1) is 0 Å². The minimum Gasteiger partial charge on any atom is -0.497 e. The van der Waals surface area contributed by atoms with Crippen molar-refractivity contribution in [2.24, 2.45) is 0 Å². The topological polar surface area (TPSA) is 87.9 Å². The molecule has 0 saturated carbocycles. The highest BCUT2D eigenvalue weighted by molar-refractivity contribution is 5.95. The largest absolute Gasteiger partial charge is 0.497 e. The van der Waals surface area contributed by atoms with E-state index in [2.05, 4.69) is 11.2 Å². The van der Waals surface area contributed by atoms with Crippen LogP contribution >= 0.6 is 0 Å². The number of carbonyl (C=O) groups is 1. The Labute approximate surface area is 250 Å². The third-order valence-electron chi connectivity index (χ3n) is 7.72. The molecule has 1 aliphatic heterocycles. The van der Waals surface area contributed by atoms with Crippen LogP contribution in [0.25, 0.3) is 27.8 Å². The van der Waals surface area contributed by atoms with Crippen LogP contribution in [-0.2, 0) is 11.3 Å². The highest BCUT2D eigenvalue weighted by atomic mass is 16.5. The molecular weight excluding hydrogens is 544 g/mol. The van der Waals surface area contributed by atoms with Crippen molar-refractivity contribution in [2.75, 3.05) is 34.5 Å². The number of rotatable bonds is 10. The Kier molecular flexibility index (Phi) is 8.24. The summed E-state index contributed by atoms with van der Waals surface area (Å²) in [4.78, 5) is 21.1. The molecule has 0 bridgehead atoms. The lowest BCUT2D eigenvalue weighted by molar-refractivity contribution is 0.0507. The zero-order valence-corrected chi connectivity index (χ0v) is 24.5. The van der Waals surface area contributed by atoms with Gasteiger partial charge < -0.3 is 23.8 Å². The summed E-state index contributed by atoms with van der Waals surface area (Å²) in [6.45, 7) is 1.52. The van der Waals surface area contributed by atoms with Gasteiger partial charge in [-0.2, -0.15) is 5.10 Å². The van der Waals surface area contributed by atoms with Gasteiger partial charge in [0.1, 0.15) is 5.75 Å². The summed E-state index contributed by atoms with van der Waals surface area (Å²) >= 11 is 0. The molecule has 0 N–H and O–H groups in total. The lowest BCUT2D eigenvalue weighted by Crippen LogP contribution is -2.37. The number of methoxy groups -OCH3 is 3. The predicted octanol–water partition coefficient (Wildman–Crippen LogP) is 5.93. The molecule has 0 radical (unpaired) electrons. The number of pyridine rings is 1. The molecule has 1 atom stereocenters. The average molecular weight is 579 g/mol. The first kappa shape index (κ1) is 28.2. The molecule has 220 valence electrons. The van der Waals surface area contributed by atoms with E-state index in [1.54, 1.807) is 32.2 Å². The first-order valence-corrected chi connectivity index (χ1v) is 14.3. The number of nitrogens with zero attached hydrogens (tertiary/aromatic N) is 4. The van der Waals surface area contributed by atoms with Crippen LogP contribution in [0.3, 0.4) is 0 Å². The minimum atomic E-state index is -0.0773. The third kappa shape index (κ3) is 6.03. The second-order valence-corrected chi connectivity index (χ2v) is 10.4. The number of ether oxygens (including phenoxy) is 4. The number of benzene rings is 3. The first-order valence-electron chi connectivity index (χ1n) is 14.3. The molecule has 0 spiro atoms. The van der Waals surface area contributed by atoms with E-state index in [-0.39, 0.29) is 12.0 Å². The smallest absolute Gasteiger partial charge is 0.254 e. The number of amides is 1. The number of hydrogen-bond donors (Lipinski definition) is 0. The van der Waals surface area contributed by atoms with Crippen molar-refractivity contribution in [1.82, 2.24) is 19.7 Å². The molecule has 1 saturated heterocycles. The van der Waals surface area contributed by atoms with E-state index in [0.29, 0.717) is 36.8 Å². The molecule has 6 rings (SSSR count). The summed E-state index contributed by atoms with van der Waals surface area (Å²) in [7, 11) is 4.87. The fourth-order valence-electron chi connectivity index (χ4n) is 5.51. The van der Waals surface area contributed by atoms with E-state index in [1.165, 1.54) is 0 Å². The SMILES string of the molecule is COc1cccc(-c2nc3cc(OC)c(OC)cc3cc2CN(CC2CCCO2)C(=O)c2ccc(-n3cccn3)cc2)c1. The molecule has 3 aromatic carbocycles. The summed E-state index contributed by atoms with van der Waals surface area (Å²) in [5.41, 5.74) is 4.78. The second-order valence-electron chi connectivity index (χ2n) is 10.4. The zero-order valence-electron chi connectivity index (χ0n) is 24.5. The maximum atomic E-state index is 14.1. The molecule has 2 aromatic heterocycles. The van der Waals surface area contributed by atoms with Crippen molar-refractivity contribution < 1.29 is 23.7 Å². The van der Waals surface area contributed by atoms with Gasteiger partial charge in [0.05, 0.1) is 44.3 Å². The highest BCUT2D eigenvalue weighted by Gasteiger charge is 2.25. The first-order chi connectivity index (χ1) is 21.1. The Morgan fingerprint density at radius 3 is 2.49 bits per heavy atom. The Balaban J connectivity index is 1.42. The molecule has 0 aliphatic carbocycles. The minimum absolute atomic E-state index is 0.0228. The maximum Gasteiger partial charge on any atom is 0.254 e. The summed E-state index contributed by atoms with van der Waals surface area (Å²) in [6, 6.07) is 23.0. The van der Waals surface area contributed by atoms with Crippen LogP contribution in [0.15, 0.2) is 85.2 Å². The van der Waals surface area contributed by atoms with Gasteiger partial charge in [0.25, 0.3) is 5.91 Å². The van der Waals surface area contributed by atoms with E-state index in [4.69, 9.17) is 23.9 Å². The lowest BCUT2D eigenvalue weighted by atomic mass is 10.0. The van der Waals surface area contributed by atoms with Crippen LogP contribution < -0.4 is 14.2 Å². The highest BCUT2D eigenvalue weighted by Crippen LogP contribution is 2.35. The Bertz CT molecular complexity index is 1710. The number of aromatic nitrogens is 3. The van der Waals surface area contributed by atoms with Crippen molar-refractivity contribution in [2.45, 2.75) is 25.5 Å². The van der Waals surface area contributed by atoms with Crippen LogP contribution in [0.5, 0.6) is 17.2 Å². The summed E-state index contributed by atoms with van der Waals surface area (Å²) in [5, 5.41) is 5.17. The van der Waals surface area contributed by atoms with Crippen LogP contribution in [0.2, 0.25) is 0 Å². The molecule has 9 heteroatoms. The summed E-state index contributed by atoms with van der Waals surface area (Å²) in [5.74, 6) is 1.86. The standard InChI is InChI=1S/C34H34N4O5/c1-40-28-8-4-7-24(18-28)33-26(17-25-19-31(41-2)32(42-3)20-30(25)36-33)21-37(22-29-9-5-16-43-29)34(39)23-10-12-27(13-11-23)38-15-6-14-35-38/h4,6-8,10-15,17-20,29H,5,9,16,21-22H2,1-3H3. The van der Waals surface area contributed by atoms with Gasteiger partial charge in [-0.15, -0.1) is 0 Å². The summed E-state index contributed by atoms with van der Waals surface area (Å²) in [6.07, 6.45) is 5.48. The number of hydrogen-bond acceptors (Lipinski definition) is 7. The monoisotopic (exact) mass is 578 g/mol. The van der Waals surface area contributed by atoms with E-state index in [9.17, 15) is 4.79 Å². The van der Waals surface area contributed by atoms with Gasteiger partial charge in [0.15, 0.2) is 11.5 Å². The van der Waals surface area contributed by atoms with Gasteiger partial charge in [0.2, 0.25) is 0 Å². The molecule has 3 heterocycles.